The highest BCUT2D eigenvalue weighted by Gasteiger charge is 2.20. The van der Waals surface area contributed by atoms with Gasteiger partial charge in [-0.2, -0.15) is 0 Å². The number of hydrogen-bond acceptors (Lipinski definition) is 3. The summed E-state index contributed by atoms with van der Waals surface area (Å²) in [5.41, 5.74) is 1.97. The maximum Gasteiger partial charge on any atom is 0.126 e. The minimum absolute atomic E-state index is 0.539. The zero-order valence-corrected chi connectivity index (χ0v) is 13.7. The Morgan fingerprint density at radius 1 is 1.05 bits per heavy atom. The van der Waals surface area contributed by atoms with Crippen LogP contribution in [-0.4, -0.2) is 25.3 Å². The SMILES string of the molecule is COc1cccc(N(CC(C)C)CC(C)C)c1C(C)O. The van der Waals surface area contributed by atoms with E-state index in [1.54, 1.807) is 14.0 Å². The van der Waals surface area contributed by atoms with Gasteiger partial charge in [0.2, 0.25) is 0 Å². The molecule has 0 heterocycles. The average Bonchev–Trinajstić information content (AvgIpc) is 2.35. The summed E-state index contributed by atoms with van der Waals surface area (Å²) in [6.45, 7) is 12.6. The van der Waals surface area contributed by atoms with Crippen LogP contribution < -0.4 is 9.64 Å². The van der Waals surface area contributed by atoms with Crippen molar-refractivity contribution in [3.63, 3.8) is 0 Å². The quantitative estimate of drug-likeness (QED) is 0.822. The molecule has 1 aromatic rings. The normalized spacial score (nSPS) is 12.8. The molecule has 0 bridgehead atoms. The van der Waals surface area contributed by atoms with Gasteiger partial charge in [0.1, 0.15) is 5.75 Å². The van der Waals surface area contributed by atoms with Crippen molar-refractivity contribution in [2.24, 2.45) is 11.8 Å². The van der Waals surface area contributed by atoms with E-state index in [9.17, 15) is 5.11 Å². The van der Waals surface area contributed by atoms with E-state index in [2.05, 4.69) is 38.7 Å². The second-order valence-corrected chi connectivity index (χ2v) is 6.26. The van der Waals surface area contributed by atoms with Crippen LogP contribution in [-0.2, 0) is 0 Å². The summed E-state index contributed by atoms with van der Waals surface area (Å²) in [5.74, 6) is 1.90. The molecule has 3 nitrogen and oxygen atoms in total. The number of benzene rings is 1. The zero-order chi connectivity index (χ0) is 15.3. The molecule has 0 fully saturated rings. The maximum absolute atomic E-state index is 10.1. The van der Waals surface area contributed by atoms with Crippen LogP contribution in [0, 0.1) is 11.8 Å². The predicted molar refractivity (Wildman–Crippen MR) is 85.5 cm³/mol. The highest BCUT2D eigenvalue weighted by Crippen LogP contribution is 2.35. The van der Waals surface area contributed by atoms with Crippen molar-refractivity contribution in [3.05, 3.63) is 23.8 Å². The van der Waals surface area contributed by atoms with Gasteiger partial charge in [-0.3, -0.25) is 0 Å². The highest BCUT2D eigenvalue weighted by atomic mass is 16.5. The van der Waals surface area contributed by atoms with Gasteiger partial charge in [0.25, 0.3) is 0 Å². The summed E-state index contributed by atoms with van der Waals surface area (Å²) in [4.78, 5) is 2.36. The molecule has 1 N–H and O–H groups in total. The Kier molecular flexibility index (Phi) is 6.34. The van der Waals surface area contributed by atoms with E-state index in [4.69, 9.17) is 4.74 Å². The fourth-order valence-corrected chi connectivity index (χ4v) is 2.56. The van der Waals surface area contributed by atoms with Crippen molar-refractivity contribution >= 4 is 5.69 Å². The van der Waals surface area contributed by atoms with E-state index < -0.39 is 6.10 Å². The third-order valence-corrected chi connectivity index (χ3v) is 3.19. The maximum atomic E-state index is 10.1. The first-order valence-electron chi connectivity index (χ1n) is 7.46. The summed E-state index contributed by atoms with van der Waals surface area (Å²) < 4.78 is 5.42. The monoisotopic (exact) mass is 279 g/mol. The number of aliphatic hydroxyl groups is 1. The van der Waals surface area contributed by atoms with E-state index >= 15 is 0 Å². The lowest BCUT2D eigenvalue weighted by molar-refractivity contribution is 0.194. The van der Waals surface area contributed by atoms with E-state index in [0.717, 1.165) is 30.1 Å². The summed E-state index contributed by atoms with van der Waals surface area (Å²) in [7, 11) is 1.65. The zero-order valence-electron chi connectivity index (χ0n) is 13.7. The van der Waals surface area contributed by atoms with Crippen LogP contribution in [0.15, 0.2) is 18.2 Å². The van der Waals surface area contributed by atoms with Crippen LogP contribution in [0.3, 0.4) is 0 Å². The van der Waals surface area contributed by atoms with Crippen LogP contribution in [0.2, 0.25) is 0 Å². The molecule has 0 saturated carbocycles. The summed E-state index contributed by atoms with van der Waals surface area (Å²) in [6.07, 6.45) is -0.539. The Morgan fingerprint density at radius 3 is 2.00 bits per heavy atom. The summed E-state index contributed by atoms with van der Waals surface area (Å²) in [5, 5.41) is 10.1. The van der Waals surface area contributed by atoms with E-state index in [-0.39, 0.29) is 0 Å². The molecular weight excluding hydrogens is 250 g/mol. The van der Waals surface area contributed by atoms with Gasteiger partial charge in [-0.05, 0) is 30.9 Å². The number of anilines is 1. The van der Waals surface area contributed by atoms with Crippen LogP contribution in [0.4, 0.5) is 5.69 Å². The molecule has 114 valence electrons. The van der Waals surface area contributed by atoms with E-state index in [1.807, 2.05) is 12.1 Å². The lowest BCUT2D eigenvalue weighted by Crippen LogP contribution is -2.32. The Balaban J connectivity index is 3.23. The van der Waals surface area contributed by atoms with Crippen LogP contribution >= 0.6 is 0 Å². The summed E-state index contributed by atoms with van der Waals surface area (Å²) >= 11 is 0. The van der Waals surface area contributed by atoms with Gasteiger partial charge in [-0.15, -0.1) is 0 Å². The molecule has 3 heteroatoms. The first kappa shape index (κ1) is 16.8. The standard InChI is InChI=1S/C17H29NO2/c1-12(2)10-18(11-13(3)4)15-8-7-9-16(20-6)17(15)14(5)19/h7-9,12-14,19H,10-11H2,1-6H3. The number of methoxy groups -OCH3 is 1. The molecule has 0 aromatic heterocycles. The van der Waals surface area contributed by atoms with Gasteiger partial charge in [-0.25, -0.2) is 0 Å². The lowest BCUT2D eigenvalue weighted by atomic mass is 10.0. The topological polar surface area (TPSA) is 32.7 Å². The molecule has 0 aliphatic rings. The molecule has 1 rings (SSSR count). The molecule has 1 atom stereocenters. The fraction of sp³-hybridized carbons (Fsp3) is 0.647. The third kappa shape index (κ3) is 4.41. The smallest absolute Gasteiger partial charge is 0.126 e. The van der Waals surface area contributed by atoms with Crippen molar-refractivity contribution in [1.29, 1.82) is 0 Å². The molecule has 0 amide bonds. The van der Waals surface area contributed by atoms with Crippen molar-refractivity contribution in [3.8, 4) is 5.75 Å². The van der Waals surface area contributed by atoms with E-state index in [0.29, 0.717) is 11.8 Å². The molecular formula is C17H29NO2. The van der Waals surface area contributed by atoms with Gasteiger partial charge in [0.05, 0.1) is 13.2 Å². The summed E-state index contributed by atoms with van der Waals surface area (Å²) in [6, 6.07) is 5.98. The first-order valence-corrected chi connectivity index (χ1v) is 7.46. The molecule has 0 aliphatic heterocycles. The largest absolute Gasteiger partial charge is 0.496 e. The number of hydrogen-bond donors (Lipinski definition) is 1. The molecule has 20 heavy (non-hydrogen) atoms. The minimum atomic E-state index is -0.539. The number of ether oxygens (including phenoxy) is 1. The Hall–Kier alpha value is -1.22. The molecule has 1 unspecified atom stereocenters. The third-order valence-electron chi connectivity index (χ3n) is 3.19. The highest BCUT2D eigenvalue weighted by molar-refractivity contribution is 5.60. The Bertz CT molecular complexity index is 403. The lowest BCUT2D eigenvalue weighted by Gasteiger charge is -2.31. The Morgan fingerprint density at radius 2 is 1.60 bits per heavy atom. The number of aliphatic hydroxyl groups excluding tert-OH is 1. The van der Waals surface area contributed by atoms with Gasteiger partial charge < -0.3 is 14.7 Å². The van der Waals surface area contributed by atoms with Crippen LogP contribution in [0.5, 0.6) is 5.75 Å². The fourth-order valence-electron chi connectivity index (χ4n) is 2.56. The van der Waals surface area contributed by atoms with Crippen molar-refractivity contribution < 1.29 is 9.84 Å². The molecule has 0 radical (unpaired) electrons. The van der Waals surface area contributed by atoms with Gasteiger partial charge in [0, 0.05) is 24.3 Å². The minimum Gasteiger partial charge on any atom is -0.496 e. The second-order valence-electron chi connectivity index (χ2n) is 6.26. The average molecular weight is 279 g/mol. The van der Waals surface area contributed by atoms with Crippen LogP contribution in [0.1, 0.15) is 46.3 Å². The van der Waals surface area contributed by atoms with E-state index in [1.165, 1.54) is 0 Å². The van der Waals surface area contributed by atoms with Crippen molar-refractivity contribution in [2.75, 3.05) is 25.1 Å². The van der Waals surface area contributed by atoms with Crippen LogP contribution in [0.25, 0.3) is 0 Å². The number of rotatable bonds is 7. The molecule has 0 aliphatic carbocycles. The van der Waals surface area contributed by atoms with Gasteiger partial charge in [0.15, 0.2) is 0 Å². The van der Waals surface area contributed by atoms with Gasteiger partial charge in [-0.1, -0.05) is 33.8 Å². The molecule has 0 saturated heterocycles. The van der Waals surface area contributed by atoms with Gasteiger partial charge >= 0.3 is 0 Å². The van der Waals surface area contributed by atoms with Crippen molar-refractivity contribution in [2.45, 2.75) is 40.7 Å². The second kappa shape index (κ2) is 7.53. The van der Waals surface area contributed by atoms with Crippen molar-refractivity contribution in [1.82, 2.24) is 0 Å². The first-order chi connectivity index (χ1) is 9.36. The number of nitrogens with zero attached hydrogens (tertiary/aromatic N) is 1. The predicted octanol–water partition coefficient (Wildman–Crippen LogP) is 3.87. The molecule has 1 aromatic carbocycles. The Labute approximate surface area is 123 Å². The molecule has 0 spiro atoms.